The van der Waals surface area contributed by atoms with Crippen LogP contribution in [-0.4, -0.2) is 15.9 Å². The molecule has 0 aliphatic carbocycles. The molecule has 0 bridgehead atoms. The van der Waals surface area contributed by atoms with Gasteiger partial charge in [0.05, 0.1) is 27.0 Å². The van der Waals surface area contributed by atoms with Gasteiger partial charge >= 0.3 is 0 Å². The first-order valence-corrected chi connectivity index (χ1v) is 12.6. The van der Waals surface area contributed by atoms with Gasteiger partial charge in [0.25, 0.3) is 5.91 Å². The highest BCUT2D eigenvalue weighted by Crippen LogP contribution is 2.32. The maximum Gasteiger partial charge on any atom is 0.256 e. The number of anilines is 1. The fourth-order valence-corrected chi connectivity index (χ4v) is 5.48. The summed E-state index contributed by atoms with van der Waals surface area (Å²) in [6, 6.07) is 31.9. The largest absolute Gasteiger partial charge is 0.322 e. The van der Waals surface area contributed by atoms with Crippen LogP contribution in [-0.2, 0) is 0 Å². The minimum absolute atomic E-state index is 0.161. The first kappa shape index (κ1) is 22.1. The lowest BCUT2D eigenvalue weighted by molar-refractivity contribution is 0.102. The third-order valence-corrected chi connectivity index (χ3v) is 7.38. The highest BCUT2D eigenvalue weighted by molar-refractivity contribution is 7.21. The number of carbonyl (C=O) groups is 1. The molecule has 6 aromatic rings. The average Bonchev–Trinajstić information content (AvgIpc) is 3.32. The molecule has 36 heavy (non-hydrogen) atoms. The molecule has 0 unspecified atom stereocenters. The normalized spacial score (nSPS) is 11.2. The Morgan fingerprint density at radius 3 is 2.39 bits per heavy atom. The molecule has 5 heteroatoms. The summed E-state index contributed by atoms with van der Waals surface area (Å²) < 4.78 is 1.18. The molecule has 0 spiro atoms. The highest BCUT2D eigenvalue weighted by Gasteiger charge is 2.15. The van der Waals surface area contributed by atoms with Gasteiger partial charge in [-0.3, -0.25) is 4.79 Å². The molecule has 0 aliphatic rings. The second kappa shape index (κ2) is 9.02. The Bertz CT molecular complexity index is 1750. The van der Waals surface area contributed by atoms with Crippen molar-refractivity contribution in [3.8, 4) is 21.8 Å². The number of rotatable bonds is 4. The van der Waals surface area contributed by atoms with E-state index in [1.54, 1.807) is 11.3 Å². The second-order valence-electron chi connectivity index (χ2n) is 8.91. The van der Waals surface area contributed by atoms with Crippen LogP contribution in [0.3, 0.4) is 0 Å². The van der Waals surface area contributed by atoms with Crippen LogP contribution in [0.15, 0.2) is 97.1 Å². The molecule has 0 fully saturated rings. The van der Waals surface area contributed by atoms with E-state index in [9.17, 15) is 4.79 Å². The number of hydrogen-bond donors (Lipinski definition) is 1. The third-order valence-electron chi connectivity index (χ3n) is 6.32. The summed E-state index contributed by atoms with van der Waals surface area (Å²) >= 11 is 1.68. The molecule has 0 atom stereocenters. The SMILES string of the molecule is Cc1ccc2nc(-c3ccc(NC(=O)c4cc(-c5ccccc5C)nc5ccccc45)cc3)sc2c1. The molecular formula is C31H23N3OS. The number of benzene rings is 4. The topological polar surface area (TPSA) is 54.9 Å². The Morgan fingerprint density at radius 2 is 1.56 bits per heavy atom. The summed E-state index contributed by atoms with van der Waals surface area (Å²) in [5.74, 6) is -0.161. The van der Waals surface area contributed by atoms with Gasteiger partial charge in [0.15, 0.2) is 0 Å². The first-order chi connectivity index (χ1) is 17.5. The van der Waals surface area contributed by atoms with Crippen LogP contribution in [0.2, 0.25) is 0 Å². The van der Waals surface area contributed by atoms with Crippen molar-refractivity contribution in [3.63, 3.8) is 0 Å². The maximum atomic E-state index is 13.5. The molecule has 0 saturated heterocycles. The van der Waals surface area contributed by atoms with Gasteiger partial charge in [0, 0.05) is 22.2 Å². The van der Waals surface area contributed by atoms with Crippen molar-refractivity contribution < 1.29 is 4.79 Å². The number of thiazole rings is 1. The molecule has 1 amide bonds. The fourth-order valence-electron chi connectivity index (χ4n) is 4.41. The summed E-state index contributed by atoms with van der Waals surface area (Å²) in [5, 5.41) is 4.87. The number of hydrogen-bond acceptors (Lipinski definition) is 4. The van der Waals surface area contributed by atoms with Gasteiger partial charge in [-0.2, -0.15) is 0 Å². The standard InChI is InChI=1S/C31H23N3OS/c1-19-11-16-27-29(17-19)36-31(34-27)21-12-14-22(15-13-21)32-30(35)25-18-28(23-8-4-3-7-20(23)2)33-26-10-6-5-9-24(25)26/h3-18H,1-2H3,(H,32,35). The van der Waals surface area contributed by atoms with Crippen molar-refractivity contribution in [2.24, 2.45) is 0 Å². The van der Waals surface area contributed by atoms with E-state index in [1.807, 2.05) is 72.8 Å². The summed E-state index contributed by atoms with van der Waals surface area (Å²) in [6.45, 7) is 4.15. The quantitative estimate of drug-likeness (QED) is 0.275. The monoisotopic (exact) mass is 485 g/mol. The first-order valence-electron chi connectivity index (χ1n) is 11.8. The minimum Gasteiger partial charge on any atom is -0.322 e. The van der Waals surface area contributed by atoms with Crippen molar-refractivity contribution in [2.45, 2.75) is 13.8 Å². The van der Waals surface area contributed by atoms with Gasteiger partial charge in [-0.15, -0.1) is 11.3 Å². The number of fused-ring (bicyclic) bond motifs is 2. The number of aryl methyl sites for hydroxylation is 2. The third kappa shape index (κ3) is 4.14. The van der Waals surface area contributed by atoms with Crippen molar-refractivity contribution in [1.82, 2.24) is 9.97 Å². The molecule has 2 heterocycles. The summed E-state index contributed by atoms with van der Waals surface area (Å²) in [6.07, 6.45) is 0. The number of carbonyl (C=O) groups excluding carboxylic acids is 1. The van der Waals surface area contributed by atoms with Crippen LogP contribution in [0.1, 0.15) is 21.5 Å². The molecule has 4 nitrogen and oxygen atoms in total. The Kier molecular flexibility index (Phi) is 5.55. The Hall–Kier alpha value is -4.35. The number of aromatic nitrogens is 2. The average molecular weight is 486 g/mol. The van der Waals surface area contributed by atoms with Crippen LogP contribution in [0.25, 0.3) is 42.9 Å². The predicted molar refractivity (Wildman–Crippen MR) is 150 cm³/mol. The molecule has 6 rings (SSSR count). The molecule has 174 valence electrons. The van der Waals surface area contributed by atoms with E-state index in [-0.39, 0.29) is 5.91 Å². The van der Waals surface area contributed by atoms with E-state index in [0.717, 1.165) is 49.5 Å². The Labute approximate surface area is 213 Å². The Morgan fingerprint density at radius 1 is 0.778 bits per heavy atom. The van der Waals surface area contributed by atoms with Crippen LogP contribution in [0, 0.1) is 13.8 Å². The second-order valence-corrected chi connectivity index (χ2v) is 9.94. The highest BCUT2D eigenvalue weighted by atomic mass is 32.1. The zero-order valence-corrected chi connectivity index (χ0v) is 20.8. The summed E-state index contributed by atoms with van der Waals surface area (Å²) in [4.78, 5) is 23.1. The smallest absolute Gasteiger partial charge is 0.256 e. The summed E-state index contributed by atoms with van der Waals surface area (Å²) in [5.41, 5.74) is 8.33. The molecule has 0 saturated carbocycles. The van der Waals surface area contributed by atoms with Gasteiger partial charge in [0.2, 0.25) is 0 Å². The van der Waals surface area contributed by atoms with E-state index in [0.29, 0.717) is 5.56 Å². The predicted octanol–water partition coefficient (Wildman–Crippen LogP) is 8.05. The number of nitrogens with zero attached hydrogens (tertiary/aromatic N) is 2. The summed E-state index contributed by atoms with van der Waals surface area (Å²) in [7, 11) is 0. The maximum absolute atomic E-state index is 13.5. The van der Waals surface area contributed by atoms with E-state index in [1.165, 1.54) is 10.3 Å². The zero-order chi connectivity index (χ0) is 24.6. The molecule has 0 aliphatic heterocycles. The van der Waals surface area contributed by atoms with Crippen LogP contribution in [0.4, 0.5) is 5.69 Å². The zero-order valence-electron chi connectivity index (χ0n) is 19.9. The van der Waals surface area contributed by atoms with E-state index in [4.69, 9.17) is 9.97 Å². The fraction of sp³-hybridized carbons (Fsp3) is 0.0645. The van der Waals surface area contributed by atoms with E-state index < -0.39 is 0 Å². The Balaban J connectivity index is 1.32. The minimum atomic E-state index is -0.161. The molecule has 2 aromatic heterocycles. The van der Waals surface area contributed by atoms with Crippen LogP contribution in [0.5, 0.6) is 0 Å². The number of para-hydroxylation sites is 1. The molecular weight excluding hydrogens is 462 g/mol. The van der Waals surface area contributed by atoms with Gasteiger partial charge in [0.1, 0.15) is 5.01 Å². The molecule has 0 radical (unpaired) electrons. The van der Waals surface area contributed by atoms with Gasteiger partial charge in [-0.05, 0) is 73.5 Å². The van der Waals surface area contributed by atoms with Crippen molar-refractivity contribution in [3.05, 3.63) is 114 Å². The van der Waals surface area contributed by atoms with Crippen molar-refractivity contribution >= 4 is 44.1 Å². The number of nitrogens with one attached hydrogen (secondary N) is 1. The van der Waals surface area contributed by atoms with Gasteiger partial charge in [-0.1, -0.05) is 48.5 Å². The van der Waals surface area contributed by atoms with Gasteiger partial charge in [-0.25, -0.2) is 9.97 Å². The van der Waals surface area contributed by atoms with Crippen molar-refractivity contribution in [1.29, 1.82) is 0 Å². The lowest BCUT2D eigenvalue weighted by atomic mass is 10.0. The lowest BCUT2D eigenvalue weighted by Crippen LogP contribution is -2.13. The van der Waals surface area contributed by atoms with E-state index >= 15 is 0 Å². The van der Waals surface area contributed by atoms with Gasteiger partial charge < -0.3 is 5.32 Å². The molecule has 4 aromatic carbocycles. The van der Waals surface area contributed by atoms with Crippen molar-refractivity contribution in [2.75, 3.05) is 5.32 Å². The lowest BCUT2D eigenvalue weighted by Gasteiger charge is -2.12. The van der Waals surface area contributed by atoms with Crippen LogP contribution >= 0.6 is 11.3 Å². The number of pyridine rings is 1. The number of amides is 1. The molecule has 1 N–H and O–H groups in total. The van der Waals surface area contributed by atoms with Crippen LogP contribution < -0.4 is 5.32 Å². The van der Waals surface area contributed by atoms with E-state index in [2.05, 4.69) is 43.4 Å².